The van der Waals surface area contributed by atoms with E-state index < -0.39 is 5.79 Å². The largest absolute Gasteiger partial charge is 0.340 e. The average Bonchev–Trinajstić information content (AvgIpc) is 2.38. The minimum absolute atomic E-state index is 0.555. The van der Waals surface area contributed by atoms with Gasteiger partial charge in [0, 0.05) is 19.6 Å². The smallest absolute Gasteiger partial charge is 0.233 e. The van der Waals surface area contributed by atoms with Gasteiger partial charge in [-0.25, -0.2) is 0 Å². The van der Waals surface area contributed by atoms with Crippen molar-refractivity contribution in [1.29, 1.82) is 0 Å². The van der Waals surface area contributed by atoms with Crippen LogP contribution in [0.3, 0.4) is 0 Å². The predicted molar refractivity (Wildman–Crippen MR) is 69.6 cm³/mol. The molecular formula is C15H20O2. The predicted octanol–water partition coefficient (Wildman–Crippen LogP) is 3.02. The van der Waals surface area contributed by atoms with Crippen molar-refractivity contribution in [2.45, 2.75) is 32.5 Å². The van der Waals surface area contributed by atoms with Gasteiger partial charge in [0.2, 0.25) is 5.79 Å². The molecule has 0 aliphatic carbocycles. The van der Waals surface area contributed by atoms with Crippen LogP contribution in [-0.4, -0.2) is 19.0 Å². The molecule has 0 aliphatic rings. The normalized spacial score (nSPS) is 11.1. The highest BCUT2D eigenvalue weighted by Gasteiger charge is 2.28. The Bertz CT molecular complexity index is 345. The monoisotopic (exact) mass is 232 g/mol. The van der Waals surface area contributed by atoms with E-state index in [0.717, 1.165) is 6.42 Å². The van der Waals surface area contributed by atoms with Gasteiger partial charge in [0.1, 0.15) is 0 Å². The second-order valence-corrected chi connectivity index (χ2v) is 3.75. The van der Waals surface area contributed by atoms with Crippen molar-refractivity contribution in [1.82, 2.24) is 0 Å². The Hall–Kier alpha value is -1.30. The molecule has 92 valence electrons. The first-order chi connectivity index (χ1) is 8.26. The van der Waals surface area contributed by atoms with Crippen molar-refractivity contribution in [3.63, 3.8) is 0 Å². The fraction of sp³-hybridized carbons (Fsp3) is 0.467. The van der Waals surface area contributed by atoms with Gasteiger partial charge in [-0.1, -0.05) is 30.3 Å². The molecule has 2 heteroatoms. The van der Waals surface area contributed by atoms with E-state index in [4.69, 9.17) is 15.9 Å². The number of hydrogen-bond donors (Lipinski definition) is 0. The Kier molecular flexibility index (Phi) is 5.76. The molecule has 0 amide bonds. The molecule has 0 N–H and O–H groups in total. The Balaban J connectivity index is 2.64. The van der Waals surface area contributed by atoms with Crippen molar-refractivity contribution >= 4 is 0 Å². The summed E-state index contributed by atoms with van der Waals surface area (Å²) < 4.78 is 11.2. The van der Waals surface area contributed by atoms with E-state index in [2.05, 4.69) is 18.1 Å². The Morgan fingerprint density at radius 1 is 1.12 bits per heavy atom. The standard InChI is InChI=1S/C15H20O2/c1-4-15(16-5-2,17-6-3)13-12-14-10-8-7-9-11-14/h1,7-11H,5-6,12-13H2,2-3H3. The van der Waals surface area contributed by atoms with Crippen LogP contribution < -0.4 is 0 Å². The van der Waals surface area contributed by atoms with E-state index in [-0.39, 0.29) is 0 Å². The molecule has 0 atom stereocenters. The number of rotatable bonds is 7. The molecule has 0 spiro atoms. The number of aryl methyl sites for hydroxylation is 1. The first-order valence-corrected chi connectivity index (χ1v) is 6.06. The van der Waals surface area contributed by atoms with Crippen molar-refractivity contribution in [3.05, 3.63) is 35.9 Å². The van der Waals surface area contributed by atoms with E-state index in [0.29, 0.717) is 19.6 Å². The lowest BCUT2D eigenvalue weighted by Gasteiger charge is -2.27. The van der Waals surface area contributed by atoms with Crippen LogP contribution in [0.25, 0.3) is 0 Å². The topological polar surface area (TPSA) is 18.5 Å². The van der Waals surface area contributed by atoms with Crippen LogP contribution >= 0.6 is 0 Å². The van der Waals surface area contributed by atoms with Gasteiger partial charge in [0.25, 0.3) is 0 Å². The molecule has 0 saturated heterocycles. The second kappa shape index (κ2) is 7.11. The van der Waals surface area contributed by atoms with Crippen LogP contribution in [-0.2, 0) is 15.9 Å². The molecule has 1 aromatic carbocycles. The lowest BCUT2D eigenvalue weighted by atomic mass is 10.0. The number of hydrogen-bond acceptors (Lipinski definition) is 2. The first kappa shape index (κ1) is 13.8. The molecule has 17 heavy (non-hydrogen) atoms. The third-order valence-corrected chi connectivity index (χ3v) is 2.56. The molecule has 0 aliphatic heterocycles. The molecule has 0 bridgehead atoms. The number of ether oxygens (including phenoxy) is 2. The average molecular weight is 232 g/mol. The SMILES string of the molecule is C#CC(CCc1ccccc1)(OCC)OCC. The first-order valence-electron chi connectivity index (χ1n) is 6.06. The minimum Gasteiger partial charge on any atom is -0.340 e. The van der Waals surface area contributed by atoms with Gasteiger partial charge in [0.05, 0.1) is 0 Å². The van der Waals surface area contributed by atoms with Crippen LogP contribution in [0.15, 0.2) is 30.3 Å². The summed E-state index contributed by atoms with van der Waals surface area (Å²) >= 11 is 0. The van der Waals surface area contributed by atoms with Crippen LogP contribution in [0.4, 0.5) is 0 Å². The van der Waals surface area contributed by atoms with Gasteiger partial charge in [-0.15, -0.1) is 6.42 Å². The van der Waals surface area contributed by atoms with Crippen LogP contribution in [0.1, 0.15) is 25.8 Å². The second-order valence-electron chi connectivity index (χ2n) is 3.75. The fourth-order valence-electron chi connectivity index (χ4n) is 1.76. The van der Waals surface area contributed by atoms with E-state index in [9.17, 15) is 0 Å². The van der Waals surface area contributed by atoms with E-state index in [1.807, 2.05) is 32.0 Å². The van der Waals surface area contributed by atoms with Gasteiger partial charge < -0.3 is 9.47 Å². The summed E-state index contributed by atoms with van der Waals surface area (Å²) in [5.74, 6) is 1.77. The lowest BCUT2D eigenvalue weighted by Crippen LogP contribution is -2.35. The summed E-state index contributed by atoms with van der Waals surface area (Å²) in [6.45, 7) is 4.96. The third-order valence-electron chi connectivity index (χ3n) is 2.56. The zero-order valence-electron chi connectivity index (χ0n) is 10.6. The molecule has 0 unspecified atom stereocenters. The zero-order valence-corrected chi connectivity index (χ0v) is 10.6. The summed E-state index contributed by atoms with van der Waals surface area (Å²) in [7, 11) is 0. The Labute approximate surface area is 104 Å². The van der Waals surface area contributed by atoms with Crippen LogP contribution in [0, 0.1) is 12.3 Å². The van der Waals surface area contributed by atoms with E-state index in [1.54, 1.807) is 0 Å². The maximum absolute atomic E-state index is 5.58. The molecule has 1 rings (SSSR count). The summed E-state index contributed by atoms with van der Waals surface area (Å²) in [5, 5.41) is 0. The molecule has 0 radical (unpaired) electrons. The van der Waals surface area contributed by atoms with Gasteiger partial charge in [-0.3, -0.25) is 0 Å². The summed E-state index contributed by atoms with van der Waals surface area (Å²) in [6.07, 6.45) is 7.07. The zero-order chi connectivity index (χ0) is 12.6. The van der Waals surface area contributed by atoms with Crippen LogP contribution in [0.2, 0.25) is 0 Å². The Morgan fingerprint density at radius 2 is 1.71 bits per heavy atom. The van der Waals surface area contributed by atoms with E-state index >= 15 is 0 Å². The number of terminal acetylenes is 1. The maximum atomic E-state index is 5.58. The lowest BCUT2D eigenvalue weighted by molar-refractivity contribution is -0.195. The molecule has 2 nitrogen and oxygen atoms in total. The summed E-state index contributed by atoms with van der Waals surface area (Å²) in [6, 6.07) is 10.2. The van der Waals surface area contributed by atoms with Gasteiger partial charge in [0.15, 0.2) is 0 Å². The summed E-state index contributed by atoms with van der Waals surface area (Å²) in [5.41, 5.74) is 1.24. The van der Waals surface area contributed by atoms with Crippen molar-refractivity contribution in [2.24, 2.45) is 0 Å². The summed E-state index contributed by atoms with van der Waals surface area (Å²) in [4.78, 5) is 0. The molecule has 0 fully saturated rings. The fourth-order valence-corrected chi connectivity index (χ4v) is 1.76. The van der Waals surface area contributed by atoms with Crippen molar-refractivity contribution in [3.8, 4) is 12.3 Å². The van der Waals surface area contributed by atoms with Crippen molar-refractivity contribution < 1.29 is 9.47 Å². The molecule has 1 aromatic rings. The number of benzene rings is 1. The Morgan fingerprint density at radius 3 is 2.18 bits per heavy atom. The molecule has 0 saturated carbocycles. The highest BCUT2D eigenvalue weighted by atomic mass is 16.7. The van der Waals surface area contributed by atoms with Crippen LogP contribution in [0.5, 0.6) is 0 Å². The maximum Gasteiger partial charge on any atom is 0.233 e. The third kappa shape index (κ3) is 4.22. The highest BCUT2D eigenvalue weighted by Crippen LogP contribution is 2.20. The quantitative estimate of drug-likeness (QED) is 0.531. The molecular weight excluding hydrogens is 212 g/mol. The highest BCUT2D eigenvalue weighted by molar-refractivity contribution is 5.16. The van der Waals surface area contributed by atoms with Gasteiger partial charge in [-0.05, 0) is 31.8 Å². The van der Waals surface area contributed by atoms with Crippen molar-refractivity contribution in [2.75, 3.05) is 13.2 Å². The minimum atomic E-state index is -0.876. The van der Waals surface area contributed by atoms with Gasteiger partial charge in [-0.2, -0.15) is 0 Å². The molecule has 0 aromatic heterocycles. The molecule has 0 heterocycles. The van der Waals surface area contributed by atoms with E-state index in [1.165, 1.54) is 5.56 Å². The van der Waals surface area contributed by atoms with Gasteiger partial charge >= 0.3 is 0 Å².